The van der Waals surface area contributed by atoms with Crippen LogP contribution in [-0.2, 0) is 9.84 Å². The van der Waals surface area contributed by atoms with Crippen molar-refractivity contribution >= 4 is 15.7 Å². The summed E-state index contributed by atoms with van der Waals surface area (Å²) >= 11 is 0. The average Bonchev–Trinajstić information content (AvgIpc) is 3.12. The summed E-state index contributed by atoms with van der Waals surface area (Å²) in [4.78, 5) is 6.64. The summed E-state index contributed by atoms with van der Waals surface area (Å²) < 4.78 is 23.2. The van der Waals surface area contributed by atoms with Crippen LogP contribution >= 0.6 is 0 Å². The molecule has 0 saturated heterocycles. The van der Waals surface area contributed by atoms with Crippen molar-refractivity contribution in [1.82, 2.24) is 9.88 Å². The number of sulfone groups is 1. The molecule has 1 heterocycles. The van der Waals surface area contributed by atoms with Crippen molar-refractivity contribution in [1.29, 1.82) is 0 Å². The van der Waals surface area contributed by atoms with Crippen molar-refractivity contribution in [2.24, 2.45) is 0 Å². The Kier molecular flexibility index (Phi) is 3.87. The molecule has 0 radical (unpaired) electrons. The average molecular weight is 269 g/mol. The van der Waals surface area contributed by atoms with Crippen LogP contribution in [0.5, 0.6) is 0 Å². The Hall–Kier alpha value is -1.14. The maximum absolute atomic E-state index is 11.6. The molecule has 0 atom stereocenters. The third-order valence-corrected chi connectivity index (χ3v) is 4.23. The highest BCUT2D eigenvalue weighted by atomic mass is 32.2. The van der Waals surface area contributed by atoms with Crippen LogP contribution in [0.4, 0.5) is 5.82 Å². The number of rotatable bonds is 6. The van der Waals surface area contributed by atoms with Gasteiger partial charge in [0.2, 0.25) is 0 Å². The molecule has 0 aliphatic heterocycles. The fourth-order valence-electron chi connectivity index (χ4n) is 1.87. The van der Waals surface area contributed by atoms with Gasteiger partial charge in [-0.1, -0.05) is 0 Å². The molecule has 100 valence electrons. The molecule has 18 heavy (non-hydrogen) atoms. The Morgan fingerprint density at radius 3 is 2.83 bits per heavy atom. The summed E-state index contributed by atoms with van der Waals surface area (Å²) in [5.74, 6) is 0.448. The van der Waals surface area contributed by atoms with Gasteiger partial charge in [-0.05, 0) is 32.0 Å². The van der Waals surface area contributed by atoms with Gasteiger partial charge in [0.15, 0.2) is 9.84 Å². The third-order valence-electron chi connectivity index (χ3n) is 3.10. The Morgan fingerprint density at radius 1 is 1.50 bits per heavy atom. The first kappa shape index (κ1) is 13.3. The van der Waals surface area contributed by atoms with E-state index in [2.05, 4.69) is 22.2 Å². The molecule has 1 N–H and O–H groups in total. The molecule has 6 heteroatoms. The summed E-state index contributed by atoms with van der Waals surface area (Å²) in [5.41, 5.74) is 0. The second-order valence-electron chi connectivity index (χ2n) is 4.76. The van der Waals surface area contributed by atoms with Crippen LogP contribution in [0.1, 0.15) is 12.8 Å². The number of nitrogens with zero attached hydrogens (tertiary/aromatic N) is 2. The maximum atomic E-state index is 11.6. The van der Waals surface area contributed by atoms with E-state index in [-0.39, 0.29) is 4.90 Å². The third kappa shape index (κ3) is 3.43. The van der Waals surface area contributed by atoms with E-state index in [9.17, 15) is 8.42 Å². The van der Waals surface area contributed by atoms with Gasteiger partial charge in [0.1, 0.15) is 10.7 Å². The normalized spacial score (nSPS) is 15.9. The summed E-state index contributed by atoms with van der Waals surface area (Å²) in [6.07, 6.45) is 5.34. The van der Waals surface area contributed by atoms with E-state index in [0.29, 0.717) is 18.4 Å². The summed E-state index contributed by atoms with van der Waals surface area (Å²) in [7, 11) is -1.13. The first-order valence-electron chi connectivity index (χ1n) is 6.07. The van der Waals surface area contributed by atoms with Crippen LogP contribution in [0, 0.1) is 0 Å². The summed E-state index contributed by atoms with van der Waals surface area (Å²) in [5, 5.41) is 3.10. The van der Waals surface area contributed by atoms with Crippen molar-refractivity contribution < 1.29 is 8.42 Å². The number of aromatic nitrogens is 1. The van der Waals surface area contributed by atoms with Crippen LogP contribution in [0.2, 0.25) is 0 Å². The van der Waals surface area contributed by atoms with Crippen molar-refractivity contribution in [3.8, 4) is 0 Å². The number of nitrogens with one attached hydrogen (secondary N) is 1. The Bertz CT molecular complexity index is 512. The lowest BCUT2D eigenvalue weighted by Crippen LogP contribution is -2.27. The Morgan fingerprint density at radius 2 is 2.22 bits per heavy atom. The van der Waals surface area contributed by atoms with Crippen molar-refractivity contribution in [3.05, 3.63) is 18.3 Å². The summed E-state index contributed by atoms with van der Waals surface area (Å²) in [6, 6.07) is 3.93. The first-order chi connectivity index (χ1) is 8.48. The number of anilines is 1. The van der Waals surface area contributed by atoms with Crippen LogP contribution in [-0.4, -0.2) is 50.7 Å². The number of hydrogen-bond donors (Lipinski definition) is 1. The van der Waals surface area contributed by atoms with E-state index in [1.54, 1.807) is 18.3 Å². The van der Waals surface area contributed by atoms with Crippen LogP contribution < -0.4 is 5.32 Å². The lowest BCUT2D eigenvalue weighted by Gasteiger charge is -2.16. The molecular formula is C12H19N3O2S. The van der Waals surface area contributed by atoms with Crippen LogP contribution in [0.3, 0.4) is 0 Å². The number of pyridine rings is 1. The quantitative estimate of drug-likeness (QED) is 0.834. The molecule has 5 nitrogen and oxygen atoms in total. The smallest absolute Gasteiger partial charge is 0.179 e. The zero-order valence-corrected chi connectivity index (χ0v) is 11.6. The monoisotopic (exact) mass is 269 g/mol. The molecule has 1 aliphatic carbocycles. The van der Waals surface area contributed by atoms with Gasteiger partial charge < -0.3 is 10.2 Å². The summed E-state index contributed by atoms with van der Waals surface area (Å²) in [6.45, 7) is 1.59. The Balaban J connectivity index is 1.96. The van der Waals surface area contributed by atoms with Gasteiger partial charge in [0.25, 0.3) is 0 Å². The van der Waals surface area contributed by atoms with E-state index in [0.717, 1.165) is 6.54 Å². The molecular weight excluding hydrogens is 250 g/mol. The minimum absolute atomic E-state index is 0.263. The zero-order chi connectivity index (χ0) is 13.2. The lowest BCUT2D eigenvalue weighted by atomic mass is 10.4. The van der Waals surface area contributed by atoms with E-state index in [4.69, 9.17) is 0 Å². The molecule has 0 unspecified atom stereocenters. The van der Waals surface area contributed by atoms with Gasteiger partial charge in [0.05, 0.1) is 0 Å². The van der Waals surface area contributed by atoms with Crippen molar-refractivity contribution in [2.45, 2.75) is 23.8 Å². The largest absolute Gasteiger partial charge is 0.368 e. The van der Waals surface area contributed by atoms with Crippen molar-refractivity contribution in [2.75, 3.05) is 31.7 Å². The lowest BCUT2D eigenvalue weighted by molar-refractivity contribution is 0.337. The minimum Gasteiger partial charge on any atom is -0.368 e. The van der Waals surface area contributed by atoms with E-state index >= 15 is 0 Å². The van der Waals surface area contributed by atoms with Crippen LogP contribution in [0.15, 0.2) is 23.2 Å². The first-order valence-corrected chi connectivity index (χ1v) is 7.97. The Labute approximate surface area is 108 Å². The number of hydrogen-bond acceptors (Lipinski definition) is 5. The maximum Gasteiger partial charge on any atom is 0.179 e. The molecule has 1 fully saturated rings. The second-order valence-corrected chi connectivity index (χ2v) is 6.75. The van der Waals surface area contributed by atoms with Gasteiger partial charge in [0, 0.05) is 31.6 Å². The van der Waals surface area contributed by atoms with Gasteiger partial charge in [-0.2, -0.15) is 0 Å². The highest BCUT2D eigenvalue weighted by molar-refractivity contribution is 7.90. The molecule has 0 aromatic carbocycles. The zero-order valence-electron chi connectivity index (χ0n) is 10.8. The molecule has 1 aliphatic rings. The highest BCUT2D eigenvalue weighted by Crippen LogP contribution is 2.25. The molecule has 0 amide bonds. The van der Waals surface area contributed by atoms with E-state index < -0.39 is 9.84 Å². The molecule has 0 bridgehead atoms. The van der Waals surface area contributed by atoms with Gasteiger partial charge in [-0.3, -0.25) is 0 Å². The molecule has 1 saturated carbocycles. The topological polar surface area (TPSA) is 62.3 Å². The fourth-order valence-corrected chi connectivity index (χ4v) is 2.67. The van der Waals surface area contributed by atoms with E-state index in [1.165, 1.54) is 19.1 Å². The van der Waals surface area contributed by atoms with Gasteiger partial charge in [-0.25, -0.2) is 13.4 Å². The van der Waals surface area contributed by atoms with Crippen molar-refractivity contribution in [3.63, 3.8) is 0 Å². The van der Waals surface area contributed by atoms with Gasteiger partial charge in [-0.15, -0.1) is 0 Å². The fraction of sp³-hybridized carbons (Fsp3) is 0.583. The van der Waals surface area contributed by atoms with Gasteiger partial charge >= 0.3 is 0 Å². The second kappa shape index (κ2) is 5.24. The molecule has 1 aromatic heterocycles. The highest BCUT2D eigenvalue weighted by Gasteiger charge is 2.25. The predicted octanol–water partition coefficient (Wildman–Crippen LogP) is 0.991. The van der Waals surface area contributed by atoms with Crippen LogP contribution in [0.25, 0.3) is 0 Å². The SMILES string of the molecule is CN(CCNc1ncccc1S(C)(=O)=O)C1CC1. The molecule has 2 rings (SSSR count). The molecule has 0 spiro atoms. The standard InChI is InChI=1S/C12H19N3O2S/c1-15(10-5-6-10)9-8-14-12-11(18(2,16)17)4-3-7-13-12/h3-4,7,10H,5-6,8-9H2,1-2H3,(H,13,14). The number of likely N-dealkylation sites (N-methyl/N-ethyl adjacent to an activating group) is 1. The predicted molar refractivity (Wildman–Crippen MR) is 71.5 cm³/mol. The van der Waals surface area contributed by atoms with E-state index in [1.807, 2.05) is 0 Å². The minimum atomic E-state index is -3.23. The molecule has 1 aromatic rings.